The fourth-order valence-electron chi connectivity index (χ4n) is 11.3. The number of nitrogens with zero attached hydrogens (tertiary/aromatic N) is 2. The number of allylic oxidation sites excluding steroid dienone is 2. The van der Waals surface area contributed by atoms with Crippen LogP contribution in [0.3, 0.4) is 0 Å². The van der Waals surface area contributed by atoms with Crippen molar-refractivity contribution in [3.63, 3.8) is 0 Å². The van der Waals surface area contributed by atoms with E-state index in [1.807, 2.05) is 36.4 Å². The summed E-state index contributed by atoms with van der Waals surface area (Å²) in [4.78, 5) is 58.4. The maximum absolute atomic E-state index is 13.5. The van der Waals surface area contributed by atoms with E-state index in [4.69, 9.17) is 28.4 Å². The second-order valence-electron chi connectivity index (χ2n) is 16.8. The van der Waals surface area contributed by atoms with Gasteiger partial charge in [-0.05, 0) is 101 Å². The van der Waals surface area contributed by atoms with Crippen LogP contribution in [0.4, 0.5) is 0 Å². The van der Waals surface area contributed by atoms with Gasteiger partial charge < -0.3 is 38.2 Å². The second-order valence-corrected chi connectivity index (χ2v) is 16.8. The van der Waals surface area contributed by atoms with E-state index in [1.165, 1.54) is 14.2 Å². The number of unbranched alkanes of at least 4 members (excludes halogenated alkanes) is 2. The number of rotatable bonds is 12. The first-order valence-electron chi connectivity index (χ1n) is 20.3. The molecule has 0 aromatic heterocycles. The number of piperidine rings is 2. The highest BCUT2D eigenvalue weighted by atomic mass is 16.6. The summed E-state index contributed by atoms with van der Waals surface area (Å²) in [5.74, 6) is 1.73. The highest BCUT2D eigenvalue weighted by molar-refractivity contribution is 5.97. The molecule has 57 heavy (non-hydrogen) atoms. The number of carbonyl (C=O) groups excluding carboxylic acids is 4. The summed E-state index contributed by atoms with van der Waals surface area (Å²) >= 11 is 0. The van der Waals surface area contributed by atoms with Crippen LogP contribution >= 0.6 is 0 Å². The van der Waals surface area contributed by atoms with Crippen LogP contribution in [-0.4, -0.2) is 101 Å². The molecule has 8 rings (SSSR count). The van der Waals surface area contributed by atoms with Crippen molar-refractivity contribution in [2.24, 2.45) is 11.8 Å². The molecule has 2 saturated heterocycles. The van der Waals surface area contributed by atoms with Crippen molar-refractivity contribution < 1.29 is 47.6 Å². The molecule has 0 N–H and O–H groups in total. The van der Waals surface area contributed by atoms with E-state index in [1.54, 1.807) is 14.2 Å². The van der Waals surface area contributed by atoms with Gasteiger partial charge in [-0.15, -0.1) is 0 Å². The molecule has 2 fully saturated rings. The molecule has 0 saturated carbocycles. The van der Waals surface area contributed by atoms with Crippen molar-refractivity contribution >= 4 is 23.5 Å². The molecular formula is C45H54N2O10. The van der Waals surface area contributed by atoms with Crippen molar-refractivity contribution in [1.29, 1.82) is 0 Å². The molecule has 6 aliphatic rings. The van der Waals surface area contributed by atoms with Crippen molar-refractivity contribution in [3.05, 3.63) is 70.2 Å². The highest BCUT2D eigenvalue weighted by Gasteiger charge is 2.58. The van der Waals surface area contributed by atoms with Crippen LogP contribution in [0.5, 0.6) is 23.0 Å². The number of ether oxygens (including phenoxy) is 6. The molecule has 0 spiro atoms. The smallest absolute Gasteiger partial charge is 0.311 e. The van der Waals surface area contributed by atoms with Gasteiger partial charge in [-0.25, -0.2) is 0 Å². The highest BCUT2D eigenvalue weighted by Crippen LogP contribution is 2.59. The Morgan fingerprint density at radius 2 is 1.05 bits per heavy atom. The van der Waals surface area contributed by atoms with E-state index in [0.29, 0.717) is 53.8 Å². The lowest BCUT2D eigenvalue weighted by Crippen LogP contribution is -2.60. The molecule has 4 bridgehead atoms. The first kappa shape index (κ1) is 39.2. The van der Waals surface area contributed by atoms with Crippen LogP contribution in [0.25, 0.3) is 0 Å². The average Bonchev–Trinajstić information content (AvgIpc) is 3.19. The molecular weight excluding hydrogens is 728 g/mol. The van der Waals surface area contributed by atoms with Crippen molar-refractivity contribution in [3.8, 4) is 23.0 Å². The largest absolute Gasteiger partial charge is 0.493 e. The Hall–Kier alpha value is -4.68. The third-order valence-corrected chi connectivity index (χ3v) is 14.1. The molecule has 2 aromatic carbocycles. The van der Waals surface area contributed by atoms with Gasteiger partial charge in [-0.3, -0.25) is 19.2 Å². The number of likely N-dealkylation sites (tertiary alicyclic amines) is 2. The van der Waals surface area contributed by atoms with E-state index in [9.17, 15) is 19.2 Å². The Bertz CT molecular complexity index is 1910. The first-order chi connectivity index (χ1) is 27.5. The quantitative estimate of drug-likeness (QED) is 0.155. The van der Waals surface area contributed by atoms with Crippen LogP contribution in [0, 0.1) is 11.8 Å². The van der Waals surface area contributed by atoms with Crippen LogP contribution < -0.4 is 18.9 Å². The summed E-state index contributed by atoms with van der Waals surface area (Å²) in [5, 5.41) is 0. The fourth-order valence-corrected chi connectivity index (χ4v) is 11.3. The molecule has 0 amide bonds. The van der Waals surface area contributed by atoms with Gasteiger partial charge in [0.1, 0.15) is 0 Å². The summed E-state index contributed by atoms with van der Waals surface area (Å²) in [6.45, 7) is 1.64. The van der Waals surface area contributed by atoms with Crippen LogP contribution in [-0.2, 0) is 52.3 Å². The monoisotopic (exact) mass is 782 g/mol. The molecule has 2 aliphatic heterocycles. The summed E-state index contributed by atoms with van der Waals surface area (Å²) in [6.07, 6.45) is 9.48. The number of methoxy groups -OCH3 is 4. The lowest BCUT2D eigenvalue weighted by Gasteiger charge is -2.56. The first-order valence-corrected chi connectivity index (χ1v) is 20.3. The van der Waals surface area contributed by atoms with E-state index in [-0.39, 0.29) is 73.1 Å². The molecule has 2 aromatic rings. The Morgan fingerprint density at radius 3 is 1.44 bits per heavy atom. The maximum atomic E-state index is 13.5. The van der Waals surface area contributed by atoms with Crippen LogP contribution in [0.2, 0.25) is 0 Å². The number of esters is 2. The van der Waals surface area contributed by atoms with Gasteiger partial charge in [0.15, 0.2) is 46.1 Å². The van der Waals surface area contributed by atoms with E-state index >= 15 is 0 Å². The Morgan fingerprint density at radius 1 is 0.632 bits per heavy atom. The minimum absolute atomic E-state index is 0.0231. The predicted octanol–water partition coefficient (Wildman–Crippen LogP) is 5.40. The number of likely N-dealkylation sites (N-methyl/N-ethyl adjacent to an activating group) is 2. The SMILES string of the molecule is COC1=C[C@@H]2[C@@H]3Cc4ccc(OC)c(OC(=O)CCCCCC(=O)Oc5c(OC)ccc6c5[C@@]57CCN(C)[C@@H](C6)[C@H]5C=C(OC)C(=O)C7)c4[C@]2(CCN3C)CC1=O. The standard InChI is InChI=1S/C45H54N2O10/c1-46-18-16-44-24-32(48)36(54-5)22-28(44)30(46)20-26-12-14-34(52-3)42(40(26)44)56-38(50)10-8-7-9-11-39(51)57-43-35(53-4)15-13-27-21-31-29-23-37(55-6)33(49)25-45(29,41(27)43)17-19-47(31)2/h12-15,22-23,28-31H,7-11,16-21,24-25H2,1-6H3/t28-,29-,30+,31+,44-,45-/m1/s1. The van der Waals surface area contributed by atoms with Gasteiger partial charge in [0.05, 0.1) is 28.4 Å². The third-order valence-electron chi connectivity index (χ3n) is 14.1. The zero-order chi connectivity index (χ0) is 40.2. The van der Waals surface area contributed by atoms with Gasteiger partial charge in [-0.1, -0.05) is 18.6 Å². The number of benzene rings is 2. The van der Waals surface area contributed by atoms with Gasteiger partial charge in [0.25, 0.3) is 0 Å². The lowest BCUT2D eigenvalue weighted by molar-refractivity contribution is -0.135. The molecule has 304 valence electrons. The van der Waals surface area contributed by atoms with Gasteiger partial charge in [0.2, 0.25) is 0 Å². The van der Waals surface area contributed by atoms with E-state index in [2.05, 4.69) is 23.9 Å². The number of carbonyl (C=O) groups is 4. The van der Waals surface area contributed by atoms with Gasteiger partial charge in [-0.2, -0.15) is 0 Å². The summed E-state index contributed by atoms with van der Waals surface area (Å²) in [6, 6.07) is 8.17. The minimum Gasteiger partial charge on any atom is -0.493 e. The number of hydrogen-bond acceptors (Lipinski definition) is 12. The Labute approximate surface area is 334 Å². The Kier molecular flexibility index (Phi) is 10.5. The van der Waals surface area contributed by atoms with Crippen molar-refractivity contribution in [2.75, 3.05) is 55.6 Å². The second kappa shape index (κ2) is 15.2. The topological polar surface area (TPSA) is 130 Å². The van der Waals surface area contributed by atoms with E-state index < -0.39 is 10.8 Å². The zero-order valence-corrected chi connectivity index (χ0v) is 33.9. The van der Waals surface area contributed by atoms with Crippen molar-refractivity contribution in [2.45, 2.75) is 93.5 Å². The maximum Gasteiger partial charge on any atom is 0.311 e. The fraction of sp³-hybridized carbons (Fsp3) is 0.556. The van der Waals surface area contributed by atoms with Crippen LogP contribution in [0.15, 0.2) is 47.9 Å². The zero-order valence-electron chi connectivity index (χ0n) is 33.9. The third kappa shape index (κ3) is 6.43. The molecule has 12 nitrogen and oxygen atoms in total. The van der Waals surface area contributed by atoms with Crippen molar-refractivity contribution in [1.82, 2.24) is 9.80 Å². The molecule has 0 unspecified atom stereocenters. The number of hydrogen-bond donors (Lipinski definition) is 0. The minimum atomic E-state index is -0.527. The molecule has 4 aliphatic carbocycles. The predicted molar refractivity (Wildman–Crippen MR) is 210 cm³/mol. The van der Waals surface area contributed by atoms with Crippen LogP contribution in [0.1, 0.15) is 80.0 Å². The Balaban J connectivity index is 0.940. The molecule has 2 heterocycles. The van der Waals surface area contributed by atoms with Gasteiger partial charge in [0, 0.05) is 71.6 Å². The molecule has 12 heteroatoms. The van der Waals surface area contributed by atoms with Gasteiger partial charge >= 0.3 is 11.9 Å². The normalized spacial score (nSPS) is 28.7. The number of fused-ring (bicyclic) bond motifs is 2. The summed E-state index contributed by atoms with van der Waals surface area (Å²) < 4.78 is 34.9. The average molecular weight is 783 g/mol. The lowest BCUT2D eigenvalue weighted by atomic mass is 9.53. The molecule has 6 atom stereocenters. The molecule has 0 radical (unpaired) electrons. The van der Waals surface area contributed by atoms with E-state index in [0.717, 1.165) is 61.0 Å². The number of Topliss-reactive ketones (excluding diaryl/α,β-unsaturated/α-hetero) is 2. The number of ketones is 2. The summed E-state index contributed by atoms with van der Waals surface area (Å²) in [5.41, 5.74) is 2.89. The summed E-state index contributed by atoms with van der Waals surface area (Å²) in [7, 11) is 10.5.